The molecule has 1 aliphatic heterocycles. The minimum absolute atomic E-state index is 0.0298. The first-order chi connectivity index (χ1) is 13.8. The van der Waals surface area contributed by atoms with Crippen molar-refractivity contribution in [2.75, 3.05) is 26.2 Å². The van der Waals surface area contributed by atoms with Gasteiger partial charge in [-0.3, -0.25) is 14.5 Å². The maximum absolute atomic E-state index is 13.0. The largest absolute Gasteiger partial charge is 0.314 e. The molecule has 158 valence electrons. The number of ketones is 2. The van der Waals surface area contributed by atoms with Crippen LogP contribution in [-0.2, 0) is 9.59 Å². The van der Waals surface area contributed by atoms with Crippen molar-refractivity contribution < 1.29 is 9.59 Å². The molecule has 0 aromatic heterocycles. The van der Waals surface area contributed by atoms with Crippen LogP contribution in [0.1, 0.15) is 59.3 Å². The van der Waals surface area contributed by atoms with Gasteiger partial charge in [0, 0.05) is 37.5 Å². The fraction of sp³-hybridized carbons (Fsp3) is 0.760. The highest BCUT2D eigenvalue weighted by Crippen LogP contribution is 2.64. The molecule has 0 radical (unpaired) electrons. The number of rotatable bonds is 2. The van der Waals surface area contributed by atoms with Crippen molar-refractivity contribution in [3.63, 3.8) is 0 Å². The standard InChI is InChI=1S/C25H36N2O2/c1-16(28)19-6-7-20-18-5-4-17-14-23(29)22(27-12-10-26-11-13-27)15-25(17,3)21(18)8-9-24(19,20)2/h8,14,18-20,22,26H,4-7,9-13,15H2,1-3H3/t18-,19+,20-,22?,24+,25-/m0/s1. The first-order valence-corrected chi connectivity index (χ1v) is 11.8. The van der Waals surface area contributed by atoms with E-state index in [0.29, 0.717) is 23.4 Å². The van der Waals surface area contributed by atoms with E-state index < -0.39 is 0 Å². The number of allylic oxidation sites excluding steroid dienone is 3. The molecule has 1 saturated heterocycles. The number of carbonyl (C=O) groups excluding carboxylic acids is 2. The summed E-state index contributed by atoms with van der Waals surface area (Å²) >= 11 is 0. The summed E-state index contributed by atoms with van der Waals surface area (Å²) in [5.74, 6) is 2.17. The van der Waals surface area contributed by atoms with E-state index in [9.17, 15) is 9.59 Å². The lowest BCUT2D eigenvalue weighted by Crippen LogP contribution is -2.55. The lowest BCUT2D eigenvalue weighted by Gasteiger charge is -2.55. The predicted octanol–water partition coefficient (Wildman–Crippen LogP) is 3.53. The minimum Gasteiger partial charge on any atom is -0.314 e. The summed E-state index contributed by atoms with van der Waals surface area (Å²) in [6.07, 6.45) is 11.0. The summed E-state index contributed by atoms with van der Waals surface area (Å²) < 4.78 is 0. The van der Waals surface area contributed by atoms with Gasteiger partial charge in [-0.1, -0.05) is 31.1 Å². The molecule has 4 heteroatoms. The van der Waals surface area contributed by atoms with Gasteiger partial charge in [0.1, 0.15) is 5.78 Å². The summed E-state index contributed by atoms with van der Waals surface area (Å²) in [6.45, 7) is 10.5. The van der Waals surface area contributed by atoms with Gasteiger partial charge in [0.2, 0.25) is 0 Å². The highest BCUT2D eigenvalue weighted by Gasteiger charge is 2.57. The van der Waals surface area contributed by atoms with Crippen molar-refractivity contribution in [1.82, 2.24) is 10.2 Å². The molecule has 0 bridgehead atoms. The number of nitrogens with zero attached hydrogens (tertiary/aromatic N) is 1. The second-order valence-electron chi connectivity index (χ2n) is 10.8. The molecular weight excluding hydrogens is 360 g/mol. The molecule has 5 aliphatic rings. The van der Waals surface area contributed by atoms with Crippen LogP contribution >= 0.6 is 0 Å². The van der Waals surface area contributed by atoms with Gasteiger partial charge in [0.05, 0.1) is 6.04 Å². The fourth-order valence-electron chi connectivity index (χ4n) is 7.89. The van der Waals surface area contributed by atoms with Crippen LogP contribution in [0.5, 0.6) is 0 Å². The van der Waals surface area contributed by atoms with E-state index in [2.05, 4.69) is 30.1 Å². The Hall–Kier alpha value is -1.26. The van der Waals surface area contributed by atoms with Crippen LogP contribution in [-0.4, -0.2) is 48.7 Å². The maximum Gasteiger partial charge on any atom is 0.172 e. The van der Waals surface area contributed by atoms with E-state index in [0.717, 1.165) is 58.3 Å². The van der Waals surface area contributed by atoms with E-state index in [4.69, 9.17) is 0 Å². The molecule has 29 heavy (non-hydrogen) atoms. The maximum atomic E-state index is 13.0. The molecule has 0 spiro atoms. The molecule has 1 heterocycles. The molecule has 4 nitrogen and oxygen atoms in total. The van der Waals surface area contributed by atoms with Gasteiger partial charge < -0.3 is 5.32 Å². The average Bonchev–Trinajstić information content (AvgIpc) is 3.06. The van der Waals surface area contributed by atoms with Crippen LogP contribution < -0.4 is 5.32 Å². The van der Waals surface area contributed by atoms with E-state index in [1.165, 1.54) is 12.0 Å². The number of hydrogen-bond acceptors (Lipinski definition) is 4. The van der Waals surface area contributed by atoms with Crippen LogP contribution in [0.15, 0.2) is 23.3 Å². The highest BCUT2D eigenvalue weighted by molar-refractivity contribution is 5.96. The van der Waals surface area contributed by atoms with Crippen molar-refractivity contribution in [2.45, 2.75) is 65.3 Å². The summed E-state index contributed by atoms with van der Waals surface area (Å²) in [4.78, 5) is 27.8. The van der Waals surface area contributed by atoms with Gasteiger partial charge in [-0.25, -0.2) is 0 Å². The van der Waals surface area contributed by atoms with Crippen molar-refractivity contribution >= 4 is 11.6 Å². The summed E-state index contributed by atoms with van der Waals surface area (Å²) in [6, 6.07) is 0.0346. The molecule has 2 saturated carbocycles. The molecule has 1 unspecified atom stereocenters. The van der Waals surface area contributed by atoms with Crippen molar-refractivity contribution in [3.8, 4) is 0 Å². The Labute approximate surface area is 175 Å². The van der Waals surface area contributed by atoms with Gasteiger partial charge in [-0.15, -0.1) is 0 Å². The summed E-state index contributed by atoms with van der Waals surface area (Å²) in [5.41, 5.74) is 3.15. The average molecular weight is 397 g/mol. The Balaban J connectivity index is 1.48. The first kappa shape index (κ1) is 19.7. The Kier molecular flexibility index (Phi) is 4.67. The van der Waals surface area contributed by atoms with Gasteiger partial charge >= 0.3 is 0 Å². The van der Waals surface area contributed by atoms with Crippen LogP contribution in [0.25, 0.3) is 0 Å². The third kappa shape index (κ3) is 2.85. The lowest BCUT2D eigenvalue weighted by molar-refractivity contribution is -0.125. The lowest BCUT2D eigenvalue weighted by atomic mass is 9.50. The molecule has 6 atom stereocenters. The highest BCUT2D eigenvalue weighted by atomic mass is 16.1. The van der Waals surface area contributed by atoms with Crippen LogP contribution in [0.2, 0.25) is 0 Å². The zero-order chi connectivity index (χ0) is 20.4. The molecule has 3 fully saturated rings. The third-order valence-electron chi connectivity index (χ3n) is 9.46. The fourth-order valence-corrected chi connectivity index (χ4v) is 7.89. The second-order valence-corrected chi connectivity index (χ2v) is 10.8. The molecular formula is C25H36N2O2. The number of Topliss-reactive ketones (excluding diaryl/α,β-unsaturated/α-hetero) is 1. The van der Waals surface area contributed by atoms with Crippen LogP contribution in [0.4, 0.5) is 0 Å². The van der Waals surface area contributed by atoms with Gasteiger partial charge in [0.15, 0.2) is 5.78 Å². The molecule has 1 N–H and O–H groups in total. The number of nitrogens with one attached hydrogen (secondary N) is 1. The summed E-state index contributed by atoms with van der Waals surface area (Å²) in [7, 11) is 0. The molecule has 4 aliphatic carbocycles. The second kappa shape index (κ2) is 6.88. The Bertz CT molecular complexity index is 793. The van der Waals surface area contributed by atoms with Crippen molar-refractivity contribution in [2.24, 2.45) is 28.6 Å². The van der Waals surface area contributed by atoms with E-state index in [1.807, 2.05) is 6.08 Å². The molecule has 0 amide bonds. The van der Waals surface area contributed by atoms with E-state index >= 15 is 0 Å². The smallest absolute Gasteiger partial charge is 0.172 e. The predicted molar refractivity (Wildman–Crippen MR) is 114 cm³/mol. The van der Waals surface area contributed by atoms with Crippen LogP contribution in [0, 0.1) is 28.6 Å². The van der Waals surface area contributed by atoms with E-state index in [1.54, 1.807) is 12.5 Å². The topological polar surface area (TPSA) is 49.4 Å². The quantitative estimate of drug-likeness (QED) is 0.726. The number of fused-ring (bicyclic) bond motifs is 5. The Morgan fingerprint density at radius 1 is 1.17 bits per heavy atom. The zero-order valence-electron chi connectivity index (χ0n) is 18.3. The normalized spacial score (nSPS) is 45.0. The van der Waals surface area contributed by atoms with Crippen molar-refractivity contribution in [3.05, 3.63) is 23.3 Å². The monoisotopic (exact) mass is 396 g/mol. The third-order valence-corrected chi connectivity index (χ3v) is 9.46. The SMILES string of the molecule is CC(=O)[C@H]1CC[C@H]2[C@@H]3CCC4=CC(=O)C(N5CCNCC5)C[C@]4(C)C3=CC[C@]12C. The van der Waals surface area contributed by atoms with E-state index in [-0.39, 0.29) is 22.8 Å². The molecule has 0 aromatic rings. The van der Waals surface area contributed by atoms with Gasteiger partial charge in [-0.05, 0) is 68.8 Å². The van der Waals surface area contributed by atoms with Crippen LogP contribution in [0.3, 0.4) is 0 Å². The van der Waals surface area contributed by atoms with Gasteiger partial charge in [-0.2, -0.15) is 0 Å². The molecule has 0 aromatic carbocycles. The van der Waals surface area contributed by atoms with Gasteiger partial charge in [0.25, 0.3) is 0 Å². The Morgan fingerprint density at radius 2 is 1.93 bits per heavy atom. The zero-order valence-corrected chi connectivity index (χ0v) is 18.3. The minimum atomic E-state index is 0.0298. The Morgan fingerprint density at radius 3 is 2.66 bits per heavy atom. The number of carbonyl (C=O) groups is 2. The number of piperazine rings is 1. The molecule has 5 rings (SSSR count). The van der Waals surface area contributed by atoms with Crippen molar-refractivity contribution in [1.29, 1.82) is 0 Å². The summed E-state index contributed by atoms with van der Waals surface area (Å²) in [5, 5.41) is 3.42. The first-order valence-electron chi connectivity index (χ1n) is 11.8. The number of hydrogen-bond donors (Lipinski definition) is 1.